The normalized spacial score (nSPS) is 14.2. The second kappa shape index (κ2) is 8.28. The minimum Gasteiger partial charge on any atom is -0.368 e. The van der Waals surface area contributed by atoms with Crippen molar-refractivity contribution in [3.8, 4) is 11.1 Å². The Morgan fingerprint density at radius 2 is 1.62 bits per heavy atom. The molecule has 3 heterocycles. The first kappa shape index (κ1) is 20.5. The van der Waals surface area contributed by atoms with Crippen LogP contribution in [0.5, 0.6) is 0 Å². The molecule has 1 aliphatic heterocycles. The second-order valence-corrected chi connectivity index (χ2v) is 8.51. The summed E-state index contributed by atoms with van der Waals surface area (Å²) in [5.74, 6) is 0.00192. The van der Waals surface area contributed by atoms with E-state index in [4.69, 9.17) is 16.7 Å². The summed E-state index contributed by atoms with van der Waals surface area (Å²) in [7, 11) is 0. The topological polar surface area (TPSA) is 53.7 Å². The molecule has 1 aliphatic rings. The molecule has 1 saturated heterocycles. The third-order valence-corrected chi connectivity index (χ3v) is 6.36. The summed E-state index contributed by atoms with van der Waals surface area (Å²) >= 11 is 6.00. The number of nitrogens with zero attached hydrogens (tertiary/aromatic N) is 5. The fourth-order valence-electron chi connectivity index (χ4n) is 4.34. The maximum Gasteiger partial charge on any atom is 0.257 e. The van der Waals surface area contributed by atoms with Crippen LogP contribution in [0, 0.1) is 13.8 Å². The smallest absolute Gasteiger partial charge is 0.257 e. The van der Waals surface area contributed by atoms with Crippen LogP contribution in [0.1, 0.15) is 21.7 Å². The number of carbonyl (C=O) groups is 1. The lowest BCUT2D eigenvalue weighted by atomic mass is 10.1. The highest BCUT2D eigenvalue weighted by molar-refractivity contribution is 6.30. The molecule has 0 bridgehead atoms. The van der Waals surface area contributed by atoms with Gasteiger partial charge in [0.05, 0.1) is 17.0 Å². The van der Waals surface area contributed by atoms with E-state index in [1.54, 1.807) is 10.7 Å². The Morgan fingerprint density at radius 1 is 0.938 bits per heavy atom. The van der Waals surface area contributed by atoms with E-state index in [0.717, 1.165) is 52.0 Å². The van der Waals surface area contributed by atoms with Crippen molar-refractivity contribution in [2.75, 3.05) is 31.1 Å². The lowest BCUT2D eigenvalue weighted by Gasteiger charge is -2.36. The largest absolute Gasteiger partial charge is 0.368 e. The van der Waals surface area contributed by atoms with Gasteiger partial charge in [-0.15, -0.1) is 0 Å². The predicted octanol–water partition coefficient (Wildman–Crippen LogP) is 4.63. The van der Waals surface area contributed by atoms with Crippen LogP contribution in [-0.2, 0) is 0 Å². The number of hydrogen-bond acceptors (Lipinski definition) is 4. The minimum atomic E-state index is 0.00192. The molecule has 6 nitrogen and oxygen atoms in total. The maximum atomic E-state index is 13.3. The van der Waals surface area contributed by atoms with Gasteiger partial charge >= 0.3 is 0 Å². The van der Waals surface area contributed by atoms with Gasteiger partial charge in [-0.2, -0.15) is 5.10 Å². The summed E-state index contributed by atoms with van der Waals surface area (Å²) in [6, 6.07) is 18.0. The van der Waals surface area contributed by atoms with Gasteiger partial charge in [0, 0.05) is 48.6 Å². The molecule has 32 heavy (non-hydrogen) atoms. The average Bonchev–Trinajstić information content (AvgIpc) is 3.17. The van der Waals surface area contributed by atoms with Gasteiger partial charge in [0.2, 0.25) is 0 Å². The Morgan fingerprint density at radius 3 is 2.31 bits per heavy atom. The van der Waals surface area contributed by atoms with Gasteiger partial charge in [-0.05, 0) is 43.7 Å². The molecule has 7 heteroatoms. The Bertz CT molecular complexity index is 1280. The van der Waals surface area contributed by atoms with Crippen LogP contribution in [0.4, 0.5) is 5.69 Å². The second-order valence-electron chi connectivity index (χ2n) is 8.07. The third kappa shape index (κ3) is 3.60. The molecule has 0 atom stereocenters. The Balaban J connectivity index is 1.39. The van der Waals surface area contributed by atoms with Gasteiger partial charge in [0.25, 0.3) is 5.91 Å². The van der Waals surface area contributed by atoms with Crippen molar-refractivity contribution in [1.82, 2.24) is 19.5 Å². The first-order chi connectivity index (χ1) is 15.5. The fraction of sp³-hybridized carbons (Fsp3) is 0.240. The number of benzene rings is 2. The van der Waals surface area contributed by atoms with Crippen molar-refractivity contribution < 1.29 is 4.79 Å². The Kier molecular flexibility index (Phi) is 5.31. The van der Waals surface area contributed by atoms with Gasteiger partial charge in [-0.3, -0.25) is 4.79 Å². The summed E-state index contributed by atoms with van der Waals surface area (Å²) in [5.41, 5.74) is 6.28. The van der Waals surface area contributed by atoms with Gasteiger partial charge in [0.15, 0.2) is 5.65 Å². The summed E-state index contributed by atoms with van der Waals surface area (Å²) in [6.45, 7) is 6.79. The SMILES string of the molecule is Cc1nn2c(C)c(C(=O)N3CCN(c4ccc(Cl)cc4)CC3)cnc2c1-c1ccccc1. The highest BCUT2D eigenvalue weighted by atomic mass is 35.5. The number of aromatic nitrogens is 3. The van der Waals surface area contributed by atoms with E-state index in [0.29, 0.717) is 18.7 Å². The van der Waals surface area contributed by atoms with Crippen molar-refractivity contribution >= 4 is 28.8 Å². The van der Waals surface area contributed by atoms with Crippen molar-refractivity contribution in [3.63, 3.8) is 0 Å². The van der Waals surface area contributed by atoms with Crippen molar-refractivity contribution in [2.24, 2.45) is 0 Å². The van der Waals surface area contributed by atoms with E-state index < -0.39 is 0 Å². The molecule has 0 spiro atoms. The summed E-state index contributed by atoms with van der Waals surface area (Å²) in [5, 5.41) is 5.43. The molecule has 0 radical (unpaired) electrons. The van der Waals surface area contributed by atoms with E-state index in [2.05, 4.69) is 22.0 Å². The van der Waals surface area contributed by atoms with Crippen LogP contribution in [0.25, 0.3) is 16.8 Å². The van der Waals surface area contributed by atoms with Gasteiger partial charge < -0.3 is 9.80 Å². The molecule has 1 amide bonds. The standard InChI is InChI=1S/C25H24ClN5O/c1-17-23(19-6-4-3-5-7-19)24-27-16-22(18(2)31(24)28-17)25(32)30-14-12-29(13-15-30)21-10-8-20(26)9-11-21/h3-11,16H,12-15H2,1-2H3. The number of anilines is 1. The van der Waals surface area contributed by atoms with Crippen LogP contribution in [-0.4, -0.2) is 51.6 Å². The van der Waals surface area contributed by atoms with Crippen LogP contribution < -0.4 is 4.90 Å². The molecule has 0 saturated carbocycles. The molecule has 2 aromatic carbocycles. The molecule has 4 aromatic rings. The summed E-state index contributed by atoms with van der Waals surface area (Å²) in [4.78, 5) is 22.2. The Labute approximate surface area is 192 Å². The third-order valence-electron chi connectivity index (χ3n) is 6.11. The zero-order valence-electron chi connectivity index (χ0n) is 18.1. The Hall–Kier alpha value is -3.38. The quantitative estimate of drug-likeness (QED) is 0.461. The maximum absolute atomic E-state index is 13.3. The van der Waals surface area contributed by atoms with E-state index >= 15 is 0 Å². The highest BCUT2D eigenvalue weighted by Crippen LogP contribution is 2.28. The number of halogens is 1. The summed E-state index contributed by atoms with van der Waals surface area (Å²) in [6.07, 6.45) is 1.70. The number of fused-ring (bicyclic) bond motifs is 1. The zero-order chi connectivity index (χ0) is 22.2. The van der Waals surface area contributed by atoms with Crippen molar-refractivity contribution in [2.45, 2.75) is 13.8 Å². The van der Waals surface area contributed by atoms with Gasteiger partial charge in [-0.25, -0.2) is 9.50 Å². The number of amides is 1. The molecule has 162 valence electrons. The molecule has 0 aliphatic carbocycles. The zero-order valence-corrected chi connectivity index (χ0v) is 18.9. The predicted molar refractivity (Wildman–Crippen MR) is 127 cm³/mol. The monoisotopic (exact) mass is 445 g/mol. The first-order valence-electron chi connectivity index (χ1n) is 10.7. The van der Waals surface area contributed by atoms with E-state index in [-0.39, 0.29) is 5.91 Å². The minimum absolute atomic E-state index is 0.00192. The number of piperazine rings is 1. The molecular weight excluding hydrogens is 422 g/mol. The highest BCUT2D eigenvalue weighted by Gasteiger charge is 2.25. The van der Waals surface area contributed by atoms with E-state index in [1.165, 1.54) is 0 Å². The van der Waals surface area contributed by atoms with Gasteiger partial charge in [0.1, 0.15) is 0 Å². The molecular formula is C25H24ClN5O. The van der Waals surface area contributed by atoms with E-state index in [1.807, 2.05) is 61.2 Å². The van der Waals surface area contributed by atoms with Crippen LogP contribution in [0.2, 0.25) is 5.02 Å². The van der Waals surface area contributed by atoms with Gasteiger partial charge in [-0.1, -0.05) is 41.9 Å². The van der Waals surface area contributed by atoms with Crippen molar-refractivity contribution in [1.29, 1.82) is 0 Å². The molecule has 0 N–H and O–H groups in total. The van der Waals surface area contributed by atoms with Crippen LogP contribution in [0.3, 0.4) is 0 Å². The fourth-order valence-corrected chi connectivity index (χ4v) is 4.47. The summed E-state index contributed by atoms with van der Waals surface area (Å²) < 4.78 is 1.80. The lowest BCUT2D eigenvalue weighted by molar-refractivity contribution is 0.0745. The van der Waals surface area contributed by atoms with Crippen LogP contribution in [0.15, 0.2) is 60.8 Å². The van der Waals surface area contributed by atoms with Crippen molar-refractivity contribution in [3.05, 3.63) is 82.8 Å². The number of rotatable bonds is 3. The van der Waals surface area contributed by atoms with Crippen LogP contribution >= 0.6 is 11.6 Å². The number of carbonyl (C=O) groups excluding carboxylic acids is 1. The molecule has 2 aromatic heterocycles. The van der Waals surface area contributed by atoms with E-state index in [9.17, 15) is 4.79 Å². The lowest BCUT2D eigenvalue weighted by Crippen LogP contribution is -2.49. The molecule has 1 fully saturated rings. The number of hydrogen-bond donors (Lipinski definition) is 0. The molecule has 5 rings (SSSR count). The first-order valence-corrected chi connectivity index (χ1v) is 11.1. The average molecular weight is 446 g/mol. The number of aryl methyl sites for hydroxylation is 2. The molecule has 0 unspecified atom stereocenters.